The standard InChI is InChI=1S/C29H30NS/c1-17(2)13-21-16-26(30(6)25-12-11-18(3)14-23(21)25)28-20(5)19(4)15-24-22-9-7-8-10-27(22)31-29(24)28/h7-12,14-17H,13H2,1-6H3/q+1. The van der Waals surface area contributed by atoms with E-state index in [1.807, 2.05) is 11.3 Å². The Morgan fingerprint density at radius 1 is 0.871 bits per heavy atom. The molecule has 0 aliphatic heterocycles. The van der Waals surface area contributed by atoms with Gasteiger partial charge in [0.05, 0.1) is 5.56 Å². The van der Waals surface area contributed by atoms with Crippen LogP contribution < -0.4 is 4.57 Å². The summed E-state index contributed by atoms with van der Waals surface area (Å²) in [5.41, 5.74) is 9.56. The molecule has 0 atom stereocenters. The minimum atomic E-state index is 0.618. The molecule has 0 saturated heterocycles. The van der Waals surface area contributed by atoms with Crippen LogP contribution in [0.1, 0.15) is 36.1 Å². The lowest BCUT2D eigenvalue weighted by atomic mass is 9.92. The van der Waals surface area contributed by atoms with Crippen molar-refractivity contribution in [1.29, 1.82) is 0 Å². The average Bonchev–Trinajstić information content (AvgIpc) is 3.09. The molecule has 5 rings (SSSR count). The molecule has 0 amide bonds. The summed E-state index contributed by atoms with van der Waals surface area (Å²) in [6, 6.07) is 20.6. The Labute approximate surface area is 189 Å². The van der Waals surface area contributed by atoms with Crippen molar-refractivity contribution in [3.63, 3.8) is 0 Å². The van der Waals surface area contributed by atoms with Crippen molar-refractivity contribution >= 4 is 42.4 Å². The maximum Gasteiger partial charge on any atom is 0.214 e. The van der Waals surface area contributed by atoms with Gasteiger partial charge in [-0.25, -0.2) is 0 Å². The Kier molecular flexibility index (Phi) is 4.86. The predicted octanol–water partition coefficient (Wildman–Crippen LogP) is 7.82. The lowest BCUT2D eigenvalue weighted by Crippen LogP contribution is -2.33. The molecule has 3 aromatic carbocycles. The van der Waals surface area contributed by atoms with Gasteiger partial charge >= 0.3 is 0 Å². The normalized spacial score (nSPS) is 12.0. The highest BCUT2D eigenvalue weighted by Crippen LogP contribution is 2.42. The number of aryl methyl sites for hydroxylation is 3. The van der Waals surface area contributed by atoms with E-state index in [2.05, 4.69) is 101 Å². The zero-order chi connectivity index (χ0) is 21.9. The van der Waals surface area contributed by atoms with Crippen LogP contribution in [0.2, 0.25) is 0 Å². The zero-order valence-electron chi connectivity index (χ0n) is 19.3. The van der Waals surface area contributed by atoms with E-state index < -0.39 is 0 Å². The summed E-state index contributed by atoms with van der Waals surface area (Å²) in [5, 5.41) is 4.14. The van der Waals surface area contributed by atoms with Crippen LogP contribution in [-0.2, 0) is 13.5 Å². The number of benzene rings is 3. The molecule has 2 heteroatoms. The van der Waals surface area contributed by atoms with Gasteiger partial charge in [0.15, 0.2) is 0 Å². The monoisotopic (exact) mass is 424 g/mol. The third kappa shape index (κ3) is 3.25. The smallest absolute Gasteiger partial charge is 0.194 e. The van der Waals surface area contributed by atoms with Gasteiger partial charge in [-0.15, -0.1) is 11.3 Å². The van der Waals surface area contributed by atoms with Gasteiger partial charge < -0.3 is 0 Å². The highest BCUT2D eigenvalue weighted by molar-refractivity contribution is 7.26. The van der Waals surface area contributed by atoms with Crippen molar-refractivity contribution in [2.45, 2.75) is 41.0 Å². The lowest BCUT2D eigenvalue weighted by molar-refractivity contribution is -0.633. The van der Waals surface area contributed by atoms with Crippen LogP contribution in [0.15, 0.2) is 54.6 Å². The lowest BCUT2D eigenvalue weighted by Gasteiger charge is -2.14. The summed E-state index contributed by atoms with van der Waals surface area (Å²) in [6.07, 6.45) is 1.09. The van der Waals surface area contributed by atoms with Gasteiger partial charge in [0.25, 0.3) is 0 Å². The summed E-state index contributed by atoms with van der Waals surface area (Å²) >= 11 is 1.93. The van der Waals surface area contributed by atoms with Crippen LogP contribution in [0.5, 0.6) is 0 Å². The number of hydrogen-bond acceptors (Lipinski definition) is 1. The quantitative estimate of drug-likeness (QED) is 0.260. The second-order valence-electron chi connectivity index (χ2n) is 9.40. The maximum absolute atomic E-state index is 2.47. The van der Waals surface area contributed by atoms with E-state index in [0.29, 0.717) is 5.92 Å². The molecule has 0 aliphatic rings. The largest absolute Gasteiger partial charge is 0.214 e. The Morgan fingerprint density at radius 3 is 2.42 bits per heavy atom. The second kappa shape index (κ2) is 7.46. The van der Waals surface area contributed by atoms with Gasteiger partial charge in [0.2, 0.25) is 11.2 Å². The van der Waals surface area contributed by atoms with Crippen molar-refractivity contribution in [1.82, 2.24) is 0 Å². The van der Waals surface area contributed by atoms with E-state index >= 15 is 0 Å². The van der Waals surface area contributed by atoms with Crippen LogP contribution >= 0.6 is 11.3 Å². The van der Waals surface area contributed by atoms with Crippen molar-refractivity contribution in [2.24, 2.45) is 13.0 Å². The number of fused-ring (bicyclic) bond motifs is 4. The maximum atomic E-state index is 2.47. The third-order valence-corrected chi connectivity index (χ3v) is 7.81. The first-order valence-electron chi connectivity index (χ1n) is 11.2. The van der Waals surface area contributed by atoms with Gasteiger partial charge in [-0.1, -0.05) is 43.7 Å². The van der Waals surface area contributed by atoms with Crippen molar-refractivity contribution in [3.05, 3.63) is 76.9 Å². The van der Waals surface area contributed by atoms with Crippen LogP contribution in [0.3, 0.4) is 0 Å². The molecule has 0 saturated carbocycles. The first-order chi connectivity index (χ1) is 14.8. The number of pyridine rings is 1. The molecule has 0 radical (unpaired) electrons. The molecule has 31 heavy (non-hydrogen) atoms. The molecule has 0 fully saturated rings. The number of nitrogens with zero attached hydrogens (tertiary/aromatic N) is 1. The van der Waals surface area contributed by atoms with Crippen LogP contribution in [0.4, 0.5) is 0 Å². The molecule has 0 unspecified atom stereocenters. The number of thiophene rings is 1. The zero-order valence-corrected chi connectivity index (χ0v) is 20.2. The van der Waals surface area contributed by atoms with Gasteiger partial charge in [-0.3, -0.25) is 0 Å². The molecule has 1 nitrogen and oxygen atoms in total. The minimum Gasteiger partial charge on any atom is -0.194 e. The third-order valence-electron chi connectivity index (χ3n) is 6.60. The Morgan fingerprint density at radius 2 is 1.65 bits per heavy atom. The Bertz CT molecular complexity index is 1470. The average molecular weight is 425 g/mol. The minimum absolute atomic E-state index is 0.618. The molecule has 0 aliphatic carbocycles. The topological polar surface area (TPSA) is 3.88 Å². The molecular formula is C29H30NS+. The fourth-order valence-electron chi connectivity index (χ4n) is 4.91. The number of hydrogen-bond donors (Lipinski definition) is 0. The Balaban J connectivity index is 1.93. The predicted molar refractivity (Wildman–Crippen MR) is 136 cm³/mol. The van der Waals surface area contributed by atoms with Crippen LogP contribution in [0.25, 0.3) is 42.3 Å². The van der Waals surface area contributed by atoms with Crippen molar-refractivity contribution in [3.8, 4) is 11.3 Å². The first kappa shape index (κ1) is 20.2. The van der Waals surface area contributed by atoms with Gasteiger partial charge in [0, 0.05) is 37.7 Å². The van der Waals surface area contributed by atoms with Crippen molar-refractivity contribution in [2.75, 3.05) is 0 Å². The van der Waals surface area contributed by atoms with E-state index in [4.69, 9.17) is 0 Å². The van der Waals surface area contributed by atoms with Gasteiger partial charge in [-0.2, -0.15) is 4.57 Å². The molecule has 2 heterocycles. The van der Waals surface area contributed by atoms with E-state index in [1.54, 1.807) is 0 Å². The van der Waals surface area contributed by atoms with Gasteiger partial charge in [-0.05, 0) is 68.0 Å². The number of rotatable bonds is 3. The van der Waals surface area contributed by atoms with Crippen molar-refractivity contribution < 1.29 is 4.57 Å². The van der Waals surface area contributed by atoms with E-state index in [-0.39, 0.29) is 0 Å². The first-order valence-corrected chi connectivity index (χ1v) is 12.0. The fraction of sp³-hybridized carbons (Fsp3) is 0.276. The Hall–Kier alpha value is -2.71. The molecule has 2 aromatic heterocycles. The molecule has 0 bridgehead atoms. The second-order valence-corrected chi connectivity index (χ2v) is 10.5. The van der Waals surface area contributed by atoms with Crippen LogP contribution in [0, 0.1) is 26.7 Å². The molecule has 0 N–H and O–H groups in total. The van der Waals surface area contributed by atoms with E-state index in [1.165, 1.54) is 64.6 Å². The van der Waals surface area contributed by atoms with Crippen LogP contribution in [-0.4, -0.2) is 0 Å². The summed E-state index contributed by atoms with van der Waals surface area (Å²) in [7, 11) is 2.23. The highest BCUT2D eigenvalue weighted by atomic mass is 32.1. The van der Waals surface area contributed by atoms with E-state index in [0.717, 1.165) is 6.42 Å². The summed E-state index contributed by atoms with van der Waals surface area (Å²) < 4.78 is 5.18. The number of aromatic nitrogens is 1. The highest BCUT2D eigenvalue weighted by Gasteiger charge is 2.24. The van der Waals surface area contributed by atoms with E-state index in [9.17, 15) is 0 Å². The fourth-order valence-corrected chi connectivity index (χ4v) is 6.21. The summed E-state index contributed by atoms with van der Waals surface area (Å²) in [5.74, 6) is 0.618. The summed E-state index contributed by atoms with van der Waals surface area (Å²) in [4.78, 5) is 0. The molecular weight excluding hydrogens is 394 g/mol. The molecule has 156 valence electrons. The molecule has 5 aromatic rings. The summed E-state index contributed by atoms with van der Waals surface area (Å²) in [6.45, 7) is 11.4. The SMILES string of the molecule is Cc1ccc2c(c1)c(CC(C)C)cc(-c1c(C)c(C)cc3c1sc1ccccc13)[n+]2C. The molecule has 0 spiro atoms. The van der Waals surface area contributed by atoms with Gasteiger partial charge in [0.1, 0.15) is 7.05 Å².